The molecule has 0 bridgehead atoms. The van der Waals surface area contributed by atoms with Gasteiger partial charge in [-0.1, -0.05) is 11.6 Å². The van der Waals surface area contributed by atoms with E-state index in [1.165, 1.54) is 7.11 Å². The summed E-state index contributed by atoms with van der Waals surface area (Å²) in [5.74, 6) is -0.729. The number of methoxy groups -OCH3 is 1. The van der Waals surface area contributed by atoms with E-state index in [2.05, 4.69) is 5.32 Å². The van der Waals surface area contributed by atoms with Gasteiger partial charge in [0.15, 0.2) is 0 Å². The maximum absolute atomic E-state index is 12.3. The van der Waals surface area contributed by atoms with Crippen LogP contribution >= 0.6 is 11.6 Å². The third-order valence-electron chi connectivity index (χ3n) is 3.95. The van der Waals surface area contributed by atoms with Crippen LogP contribution in [0.5, 0.6) is 5.75 Å². The Labute approximate surface area is 140 Å². The van der Waals surface area contributed by atoms with Gasteiger partial charge in [-0.05, 0) is 38.3 Å². The molecule has 1 aromatic carbocycles. The van der Waals surface area contributed by atoms with E-state index in [4.69, 9.17) is 16.3 Å². The number of hydrogen-bond acceptors (Lipinski definition) is 4. The van der Waals surface area contributed by atoms with Gasteiger partial charge >= 0.3 is 5.97 Å². The van der Waals surface area contributed by atoms with Crippen LogP contribution in [-0.2, 0) is 9.59 Å². The van der Waals surface area contributed by atoms with Crippen LogP contribution in [0.2, 0.25) is 5.02 Å². The molecule has 126 valence electrons. The Morgan fingerprint density at radius 2 is 2.13 bits per heavy atom. The van der Waals surface area contributed by atoms with E-state index in [1.54, 1.807) is 24.0 Å². The van der Waals surface area contributed by atoms with Crippen molar-refractivity contribution in [3.63, 3.8) is 0 Å². The number of benzene rings is 1. The zero-order chi connectivity index (χ0) is 17.1. The van der Waals surface area contributed by atoms with E-state index in [0.29, 0.717) is 16.5 Å². The van der Waals surface area contributed by atoms with Gasteiger partial charge in [0.2, 0.25) is 5.91 Å². The largest absolute Gasteiger partial charge is 0.495 e. The van der Waals surface area contributed by atoms with Gasteiger partial charge < -0.3 is 15.2 Å². The molecule has 0 saturated heterocycles. The van der Waals surface area contributed by atoms with Crippen molar-refractivity contribution in [2.75, 3.05) is 19.0 Å². The van der Waals surface area contributed by atoms with E-state index in [-0.39, 0.29) is 18.5 Å². The zero-order valence-electron chi connectivity index (χ0n) is 13.4. The summed E-state index contributed by atoms with van der Waals surface area (Å²) in [4.78, 5) is 25.2. The Hall–Kier alpha value is -1.79. The second-order valence-corrected chi connectivity index (χ2v) is 6.17. The van der Waals surface area contributed by atoms with Crippen molar-refractivity contribution in [3.8, 4) is 5.75 Å². The monoisotopic (exact) mass is 340 g/mol. The van der Waals surface area contributed by atoms with Crippen molar-refractivity contribution >= 4 is 29.2 Å². The molecule has 2 N–H and O–H groups in total. The first kappa shape index (κ1) is 17.6. The van der Waals surface area contributed by atoms with Crippen molar-refractivity contribution in [1.82, 2.24) is 4.90 Å². The smallest absolute Gasteiger partial charge is 0.320 e. The fourth-order valence-electron chi connectivity index (χ4n) is 2.42. The molecule has 0 spiro atoms. The minimum absolute atomic E-state index is 0.0307. The number of amides is 1. The van der Waals surface area contributed by atoms with E-state index >= 15 is 0 Å². The minimum Gasteiger partial charge on any atom is -0.495 e. The van der Waals surface area contributed by atoms with Crippen LogP contribution in [0, 0.1) is 6.92 Å². The number of carbonyl (C=O) groups is 2. The summed E-state index contributed by atoms with van der Waals surface area (Å²) in [7, 11) is 1.50. The number of carboxylic acids is 1. The molecular formula is C16H21ClN2O4. The highest BCUT2D eigenvalue weighted by Gasteiger charge is 2.36. The average molecular weight is 341 g/mol. The molecule has 1 aliphatic carbocycles. The zero-order valence-corrected chi connectivity index (χ0v) is 14.2. The summed E-state index contributed by atoms with van der Waals surface area (Å²) in [5.41, 5.74) is 1.35. The quantitative estimate of drug-likeness (QED) is 0.797. The topological polar surface area (TPSA) is 78.9 Å². The van der Waals surface area contributed by atoms with Crippen molar-refractivity contribution < 1.29 is 19.4 Å². The SMILES string of the molecule is COc1cc(Cl)c(C)cc1NC(=O)CN(C1CC1)C(C)C(=O)O. The first-order valence-electron chi connectivity index (χ1n) is 7.46. The first-order chi connectivity index (χ1) is 10.8. The molecule has 1 fully saturated rings. The minimum atomic E-state index is -0.926. The summed E-state index contributed by atoms with van der Waals surface area (Å²) < 4.78 is 5.23. The molecule has 1 atom stereocenters. The second kappa shape index (κ2) is 7.19. The lowest BCUT2D eigenvalue weighted by atomic mass is 10.2. The Morgan fingerprint density at radius 3 is 2.65 bits per heavy atom. The molecule has 1 unspecified atom stereocenters. The number of halogens is 1. The molecule has 0 heterocycles. The molecule has 0 radical (unpaired) electrons. The molecule has 6 nitrogen and oxygen atoms in total. The molecule has 2 rings (SSSR count). The van der Waals surface area contributed by atoms with Gasteiger partial charge in [0, 0.05) is 17.1 Å². The van der Waals surface area contributed by atoms with Gasteiger partial charge in [-0.2, -0.15) is 0 Å². The highest BCUT2D eigenvalue weighted by molar-refractivity contribution is 6.31. The lowest BCUT2D eigenvalue weighted by Crippen LogP contribution is -2.44. The summed E-state index contributed by atoms with van der Waals surface area (Å²) in [6.45, 7) is 3.46. The number of carboxylic acid groups (broad SMARTS) is 1. The van der Waals surface area contributed by atoms with Crippen molar-refractivity contribution in [2.24, 2.45) is 0 Å². The van der Waals surface area contributed by atoms with Gasteiger partial charge in [0.05, 0.1) is 19.3 Å². The molecule has 1 saturated carbocycles. The van der Waals surface area contributed by atoms with Crippen molar-refractivity contribution in [3.05, 3.63) is 22.7 Å². The van der Waals surface area contributed by atoms with Gasteiger partial charge in [0.1, 0.15) is 11.8 Å². The van der Waals surface area contributed by atoms with Gasteiger partial charge in [0.25, 0.3) is 0 Å². The van der Waals surface area contributed by atoms with E-state index in [0.717, 1.165) is 18.4 Å². The summed E-state index contributed by atoms with van der Waals surface area (Å²) >= 11 is 6.05. The number of nitrogens with zero attached hydrogens (tertiary/aromatic N) is 1. The normalized spacial score (nSPS) is 15.3. The number of rotatable bonds is 7. The molecule has 23 heavy (non-hydrogen) atoms. The fourth-order valence-corrected chi connectivity index (χ4v) is 2.57. The number of ether oxygens (including phenoxy) is 1. The molecule has 7 heteroatoms. The number of aryl methyl sites for hydroxylation is 1. The Morgan fingerprint density at radius 1 is 1.48 bits per heavy atom. The fraction of sp³-hybridized carbons (Fsp3) is 0.500. The molecule has 0 aliphatic heterocycles. The number of aliphatic carboxylic acids is 1. The number of carbonyl (C=O) groups excluding carboxylic acids is 1. The predicted molar refractivity (Wildman–Crippen MR) is 88.2 cm³/mol. The molecule has 0 aromatic heterocycles. The van der Waals surface area contributed by atoms with E-state index < -0.39 is 12.0 Å². The molecule has 1 aromatic rings. The third kappa shape index (κ3) is 4.36. The molecular weight excluding hydrogens is 320 g/mol. The Balaban J connectivity index is 2.09. The highest BCUT2D eigenvalue weighted by Crippen LogP contribution is 2.32. The maximum Gasteiger partial charge on any atom is 0.320 e. The van der Waals surface area contributed by atoms with Crippen LogP contribution in [-0.4, -0.2) is 47.6 Å². The third-order valence-corrected chi connectivity index (χ3v) is 4.36. The summed E-state index contributed by atoms with van der Waals surface area (Å²) in [5, 5.41) is 12.5. The lowest BCUT2D eigenvalue weighted by Gasteiger charge is -2.25. The van der Waals surface area contributed by atoms with Gasteiger partial charge in [-0.25, -0.2) is 0 Å². The van der Waals surface area contributed by atoms with Crippen molar-refractivity contribution in [2.45, 2.75) is 38.8 Å². The van der Waals surface area contributed by atoms with Crippen LogP contribution in [0.25, 0.3) is 0 Å². The Bertz CT molecular complexity index is 616. The van der Waals surface area contributed by atoms with E-state index in [9.17, 15) is 14.7 Å². The van der Waals surface area contributed by atoms with Crippen LogP contribution < -0.4 is 10.1 Å². The van der Waals surface area contributed by atoms with Crippen molar-refractivity contribution in [1.29, 1.82) is 0 Å². The van der Waals surface area contributed by atoms with Gasteiger partial charge in [-0.15, -0.1) is 0 Å². The second-order valence-electron chi connectivity index (χ2n) is 5.77. The Kier molecular flexibility index (Phi) is 5.49. The van der Waals surface area contributed by atoms with Crippen LogP contribution in [0.4, 0.5) is 5.69 Å². The first-order valence-corrected chi connectivity index (χ1v) is 7.83. The van der Waals surface area contributed by atoms with Gasteiger partial charge in [-0.3, -0.25) is 14.5 Å². The maximum atomic E-state index is 12.3. The predicted octanol–water partition coefficient (Wildman–Crippen LogP) is 2.53. The van der Waals surface area contributed by atoms with E-state index in [1.807, 2.05) is 6.92 Å². The summed E-state index contributed by atoms with van der Waals surface area (Å²) in [6, 6.07) is 2.86. The lowest BCUT2D eigenvalue weighted by molar-refractivity contribution is -0.143. The average Bonchev–Trinajstić information content (AvgIpc) is 3.32. The number of hydrogen-bond donors (Lipinski definition) is 2. The molecule has 1 amide bonds. The number of anilines is 1. The molecule has 1 aliphatic rings. The summed E-state index contributed by atoms with van der Waals surface area (Å²) in [6.07, 6.45) is 1.85. The number of nitrogens with one attached hydrogen (secondary N) is 1. The van der Waals surface area contributed by atoms with Crippen LogP contribution in [0.1, 0.15) is 25.3 Å². The highest BCUT2D eigenvalue weighted by atomic mass is 35.5. The van der Waals surface area contributed by atoms with Crippen LogP contribution in [0.3, 0.4) is 0 Å². The van der Waals surface area contributed by atoms with Crippen LogP contribution in [0.15, 0.2) is 12.1 Å². The standard InChI is InChI=1S/C16H21ClN2O4/c1-9-6-13(14(23-3)7-12(9)17)18-15(20)8-19(11-4-5-11)10(2)16(21)22/h6-7,10-11H,4-5,8H2,1-3H3,(H,18,20)(H,21,22).